The minimum absolute atomic E-state index is 0.692. The summed E-state index contributed by atoms with van der Waals surface area (Å²) in [4.78, 5) is 17.4. The van der Waals surface area contributed by atoms with E-state index in [1.807, 2.05) is 12.4 Å². The highest BCUT2D eigenvalue weighted by molar-refractivity contribution is 5.93. The van der Waals surface area contributed by atoms with E-state index in [0.29, 0.717) is 5.95 Å². The molecular formula is C29H44N6. The van der Waals surface area contributed by atoms with Gasteiger partial charge >= 0.3 is 0 Å². The first-order valence-electron chi connectivity index (χ1n) is 13.8. The molecule has 0 radical (unpaired) electrons. The minimum atomic E-state index is 0.692. The second-order valence-corrected chi connectivity index (χ2v) is 10.2. The van der Waals surface area contributed by atoms with E-state index < -0.39 is 0 Å². The first-order valence-corrected chi connectivity index (χ1v) is 13.8. The molecule has 1 aromatic carbocycles. The van der Waals surface area contributed by atoms with Gasteiger partial charge in [0.05, 0.1) is 0 Å². The highest BCUT2D eigenvalue weighted by Crippen LogP contribution is 2.28. The van der Waals surface area contributed by atoms with Crippen LogP contribution in [0, 0.1) is 0 Å². The average Bonchev–Trinajstić information content (AvgIpc) is 3.21. The monoisotopic (exact) mass is 476 g/mol. The molecule has 5 rings (SSSR count). The summed E-state index contributed by atoms with van der Waals surface area (Å²) in [5.74, 6) is 0.692. The zero-order chi connectivity index (χ0) is 24.3. The van der Waals surface area contributed by atoms with Crippen LogP contribution in [0.5, 0.6) is 0 Å². The molecular weight excluding hydrogens is 432 g/mol. The molecule has 2 aromatic heterocycles. The van der Waals surface area contributed by atoms with Crippen LogP contribution in [-0.4, -0.2) is 64.5 Å². The first-order chi connectivity index (χ1) is 17.2. The molecule has 6 nitrogen and oxygen atoms in total. The lowest BCUT2D eigenvalue weighted by Gasteiger charge is -2.20. The van der Waals surface area contributed by atoms with E-state index in [9.17, 15) is 0 Å². The lowest BCUT2D eigenvalue weighted by Crippen LogP contribution is -2.28. The third kappa shape index (κ3) is 7.77. The van der Waals surface area contributed by atoms with Gasteiger partial charge in [-0.3, -0.25) is 4.90 Å². The van der Waals surface area contributed by atoms with Gasteiger partial charge in [0.2, 0.25) is 5.95 Å². The number of fused-ring (bicyclic) bond motifs is 1. The van der Waals surface area contributed by atoms with Crippen LogP contribution in [0.2, 0.25) is 0 Å². The summed E-state index contributed by atoms with van der Waals surface area (Å²) in [6.07, 6.45) is 16.5. The van der Waals surface area contributed by atoms with Gasteiger partial charge in [-0.05, 0) is 44.1 Å². The highest BCUT2D eigenvalue weighted by Gasteiger charge is 2.13. The first kappa shape index (κ1) is 25.6. The number of unbranched alkanes of at least 4 members (excludes halogenated alkanes) is 1. The molecule has 6 heteroatoms. The Morgan fingerprint density at radius 1 is 0.914 bits per heavy atom. The Hall–Kier alpha value is -2.44. The van der Waals surface area contributed by atoms with Crippen LogP contribution in [0.1, 0.15) is 70.3 Å². The van der Waals surface area contributed by atoms with Crippen molar-refractivity contribution in [2.24, 2.45) is 0 Å². The second-order valence-electron chi connectivity index (χ2n) is 10.2. The van der Waals surface area contributed by atoms with Crippen molar-refractivity contribution >= 4 is 17.0 Å². The van der Waals surface area contributed by atoms with Crippen molar-refractivity contribution in [1.82, 2.24) is 24.8 Å². The SMILES string of the molecule is C1CCCCC1.CCCCNc1ncc2c(-c3ccc(CN4CCCN(C)CC4)cc3)c[nH]c2n1. The lowest BCUT2D eigenvalue weighted by molar-refractivity contribution is 0.269. The zero-order valence-corrected chi connectivity index (χ0v) is 21.9. The number of aromatic nitrogens is 3. The molecule has 190 valence electrons. The fraction of sp³-hybridized carbons (Fsp3) is 0.586. The number of rotatable bonds is 7. The Morgan fingerprint density at radius 2 is 1.66 bits per heavy atom. The van der Waals surface area contributed by atoms with E-state index in [-0.39, 0.29) is 0 Å². The Labute approximate surface area is 211 Å². The summed E-state index contributed by atoms with van der Waals surface area (Å²) < 4.78 is 0. The van der Waals surface area contributed by atoms with Gasteiger partial charge in [-0.15, -0.1) is 0 Å². The van der Waals surface area contributed by atoms with Crippen molar-refractivity contribution in [3.05, 3.63) is 42.2 Å². The zero-order valence-electron chi connectivity index (χ0n) is 21.9. The number of H-pyrrole nitrogens is 1. The summed E-state index contributed by atoms with van der Waals surface area (Å²) in [5.41, 5.74) is 4.61. The third-order valence-corrected chi connectivity index (χ3v) is 7.23. The lowest BCUT2D eigenvalue weighted by atomic mass is 10.0. The molecule has 1 aliphatic carbocycles. The maximum Gasteiger partial charge on any atom is 0.224 e. The number of nitrogens with one attached hydrogen (secondary N) is 2. The van der Waals surface area contributed by atoms with Gasteiger partial charge < -0.3 is 15.2 Å². The van der Waals surface area contributed by atoms with Crippen LogP contribution >= 0.6 is 0 Å². The van der Waals surface area contributed by atoms with Crippen LogP contribution in [0.25, 0.3) is 22.2 Å². The predicted molar refractivity (Wildman–Crippen MR) is 148 cm³/mol. The summed E-state index contributed by atoms with van der Waals surface area (Å²) in [6.45, 7) is 8.80. The molecule has 2 aliphatic rings. The van der Waals surface area contributed by atoms with Gasteiger partial charge in [-0.2, -0.15) is 4.98 Å². The molecule has 0 atom stereocenters. The standard InChI is InChI=1S/C23H32N6.C6H12/c1-3-4-10-24-23-26-16-21-20(15-25-22(21)27-23)19-8-6-18(7-9-19)17-29-12-5-11-28(2)13-14-29;1-2-4-6-5-3-1/h6-9,15-16H,3-5,10-14,17H2,1-2H3,(H2,24,25,26,27);1-6H2. The number of hydrogen-bond acceptors (Lipinski definition) is 5. The molecule has 0 amide bonds. The van der Waals surface area contributed by atoms with Crippen molar-refractivity contribution in [3.8, 4) is 11.1 Å². The molecule has 2 fully saturated rings. The van der Waals surface area contributed by atoms with Crippen molar-refractivity contribution in [3.63, 3.8) is 0 Å². The third-order valence-electron chi connectivity index (χ3n) is 7.23. The van der Waals surface area contributed by atoms with Gasteiger partial charge in [0, 0.05) is 49.5 Å². The summed E-state index contributed by atoms with van der Waals surface area (Å²) >= 11 is 0. The highest BCUT2D eigenvalue weighted by atomic mass is 15.2. The number of benzene rings is 1. The van der Waals surface area contributed by atoms with Gasteiger partial charge in [0.25, 0.3) is 0 Å². The molecule has 3 heterocycles. The largest absolute Gasteiger partial charge is 0.354 e. The fourth-order valence-electron chi connectivity index (χ4n) is 4.97. The van der Waals surface area contributed by atoms with E-state index >= 15 is 0 Å². The molecule has 3 aromatic rings. The van der Waals surface area contributed by atoms with Gasteiger partial charge in [0.15, 0.2) is 0 Å². The maximum atomic E-state index is 4.61. The topological polar surface area (TPSA) is 60.1 Å². The summed E-state index contributed by atoms with van der Waals surface area (Å²) in [5, 5.41) is 4.35. The van der Waals surface area contributed by atoms with Gasteiger partial charge in [0.1, 0.15) is 5.65 Å². The minimum Gasteiger partial charge on any atom is -0.354 e. The number of nitrogens with zero attached hydrogens (tertiary/aromatic N) is 4. The quantitative estimate of drug-likeness (QED) is 0.391. The fourth-order valence-corrected chi connectivity index (χ4v) is 4.97. The Balaban J connectivity index is 0.000000421. The predicted octanol–water partition coefficient (Wildman–Crippen LogP) is 6.32. The second kappa shape index (κ2) is 13.6. The maximum absolute atomic E-state index is 4.61. The van der Waals surface area contributed by atoms with Gasteiger partial charge in [-0.25, -0.2) is 4.98 Å². The molecule has 0 unspecified atom stereocenters. The van der Waals surface area contributed by atoms with E-state index in [2.05, 4.69) is 68.3 Å². The number of likely N-dealkylation sites (N-methyl/N-ethyl adjacent to an activating group) is 1. The smallest absolute Gasteiger partial charge is 0.224 e. The normalized spacial score (nSPS) is 17.5. The van der Waals surface area contributed by atoms with Crippen LogP contribution in [-0.2, 0) is 6.54 Å². The average molecular weight is 477 g/mol. The summed E-state index contributed by atoms with van der Waals surface area (Å²) in [6, 6.07) is 8.94. The van der Waals surface area contributed by atoms with Crippen LogP contribution < -0.4 is 5.32 Å². The molecule has 0 bridgehead atoms. The number of anilines is 1. The van der Waals surface area contributed by atoms with E-state index in [1.54, 1.807) is 0 Å². The molecule has 35 heavy (non-hydrogen) atoms. The van der Waals surface area contributed by atoms with Crippen molar-refractivity contribution < 1.29 is 0 Å². The molecule has 0 spiro atoms. The molecule has 1 saturated heterocycles. The van der Waals surface area contributed by atoms with Crippen LogP contribution in [0.3, 0.4) is 0 Å². The van der Waals surface area contributed by atoms with Crippen LogP contribution in [0.4, 0.5) is 5.95 Å². The van der Waals surface area contributed by atoms with E-state index in [0.717, 1.165) is 55.6 Å². The van der Waals surface area contributed by atoms with Crippen molar-refractivity contribution in [2.45, 2.75) is 71.3 Å². The van der Waals surface area contributed by atoms with Crippen molar-refractivity contribution in [1.29, 1.82) is 0 Å². The van der Waals surface area contributed by atoms with E-state index in [1.165, 1.54) is 69.2 Å². The van der Waals surface area contributed by atoms with Crippen molar-refractivity contribution in [2.75, 3.05) is 45.1 Å². The van der Waals surface area contributed by atoms with E-state index in [4.69, 9.17) is 0 Å². The molecule has 1 aliphatic heterocycles. The van der Waals surface area contributed by atoms with Crippen LogP contribution in [0.15, 0.2) is 36.7 Å². The Morgan fingerprint density at radius 3 is 2.37 bits per heavy atom. The van der Waals surface area contributed by atoms with Gasteiger partial charge in [-0.1, -0.05) is 76.1 Å². The number of aromatic amines is 1. The summed E-state index contributed by atoms with van der Waals surface area (Å²) in [7, 11) is 2.22. The Bertz CT molecular complexity index is 996. The Kier molecular flexibility index (Phi) is 9.96. The number of hydrogen-bond donors (Lipinski definition) is 2. The molecule has 2 N–H and O–H groups in total. The molecule has 1 saturated carbocycles.